The third kappa shape index (κ3) is 5.37. The Kier molecular flexibility index (Phi) is 6.19. The van der Waals surface area contributed by atoms with Crippen LogP contribution in [0.5, 0.6) is 5.75 Å². The van der Waals surface area contributed by atoms with Gasteiger partial charge in [-0.15, -0.1) is 0 Å². The van der Waals surface area contributed by atoms with Crippen molar-refractivity contribution in [3.8, 4) is 5.75 Å². The summed E-state index contributed by atoms with van der Waals surface area (Å²) in [6, 6.07) is 11.2. The number of halogens is 2. The normalized spacial score (nSPS) is 10.8. The number of carbonyl (C=O) groups excluding carboxylic acids is 1. The van der Waals surface area contributed by atoms with Crippen LogP contribution in [-0.4, -0.2) is 18.7 Å². The van der Waals surface area contributed by atoms with Crippen LogP contribution in [0.4, 0.5) is 0 Å². The van der Waals surface area contributed by atoms with Crippen LogP contribution in [0, 0.1) is 13.8 Å². The molecule has 0 aromatic heterocycles. The highest BCUT2D eigenvalue weighted by molar-refractivity contribution is 9.10. The number of amides is 1. The molecule has 0 fully saturated rings. The molecule has 1 N–H and O–H groups in total. The molecule has 0 aliphatic heterocycles. The molecule has 0 atom stereocenters. The number of rotatable bonds is 5. The molecule has 0 saturated heterocycles. The highest BCUT2D eigenvalue weighted by atomic mass is 79.9. The Morgan fingerprint density at radius 2 is 2.00 bits per heavy atom. The molecule has 0 aliphatic rings. The number of nitrogens with zero attached hydrogens (tertiary/aromatic N) is 1. The molecular weight excluding hydrogens is 380 g/mol. The summed E-state index contributed by atoms with van der Waals surface area (Å²) in [5, 5.41) is 4.61. The zero-order valence-electron chi connectivity index (χ0n) is 12.8. The summed E-state index contributed by atoms with van der Waals surface area (Å²) in [6.45, 7) is 3.67. The number of hydrogen-bond donors (Lipinski definition) is 1. The fourth-order valence-electron chi connectivity index (χ4n) is 1.94. The summed E-state index contributed by atoms with van der Waals surface area (Å²) in [5.74, 6) is 0.275. The van der Waals surface area contributed by atoms with Crippen LogP contribution in [-0.2, 0) is 4.79 Å². The Morgan fingerprint density at radius 3 is 2.65 bits per heavy atom. The summed E-state index contributed by atoms with van der Waals surface area (Å²) >= 11 is 9.46. The first-order valence-corrected chi connectivity index (χ1v) is 8.10. The van der Waals surface area contributed by atoms with Crippen molar-refractivity contribution in [1.82, 2.24) is 5.43 Å². The first kappa shape index (κ1) is 17.5. The lowest BCUT2D eigenvalue weighted by molar-refractivity contribution is -0.123. The lowest BCUT2D eigenvalue weighted by Crippen LogP contribution is -2.24. The monoisotopic (exact) mass is 394 g/mol. The van der Waals surface area contributed by atoms with Gasteiger partial charge < -0.3 is 4.74 Å². The van der Waals surface area contributed by atoms with E-state index < -0.39 is 0 Å². The molecule has 120 valence electrons. The van der Waals surface area contributed by atoms with Crippen molar-refractivity contribution in [2.24, 2.45) is 5.10 Å². The van der Waals surface area contributed by atoms with Crippen LogP contribution in [0.3, 0.4) is 0 Å². The van der Waals surface area contributed by atoms with Crippen LogP contribution in [0.1, 0.15) is 16.7 Å². The highest BCUT2D eigenvalue weighted by Gasteiger charge is 2.06. The molecule has 0 saturated carbocycles. The molecule has 2 rings (SSSR count). The van der Waals surface area contributed by atoms with Crippen molar-refractivity contribution in [2.45, 2.75) is 13.8 Å². The fourth-order valence-corrected chi connectivity index (χ4v) is 2.46. The Bertz CT molecular complexity index is 724. The zero-order valence-corrected chi connectivity index (χ0v) is 15.1. The van der Waals surface area contributed by atoms with Crippen LogP contribution in [0.25, 0.3) is 0 Å². The minimum absolute atomic E-state index is 0.115. The standard InChI is InChI=1S/C17H16BrClN2O2/c1-11-6-15(7-12(2)17(11)19)23-10-16(22)21-20-9-13-4-3-5-14(18)8-13/h3-9H,10H2,1-2H3,(H,21,22)/b20-9+. The van der Waals surface area contributed by atoms with Crippen molar-refractivity contribution in [2.75, 3.05) is 6.61 Å². The minimum atomic E-state index is -0.332. The molecule has 0 aliphatic carbocycles. The second-order valence-corrected chi connectivity index (χ2v) is 6.30. The Labute approximate surface area is 148 Å². The number of ether oxygens (including phenoxy) is 1. The minimum Gasteiger partial charge on any atom is -0.484 e. The molecule has 1 amide bonds. The van der Waals surface area contributed by atoms with Gasteiger partial charge in [0.2, 0.25) is 0 Å². The van der Waals surface area contributed by atoms with Gasteiger partial charge in [0.15, 0.2) is 6.61 Å². The Morgan fingerprint density at radius 1 is 1.30 bits per heavy atom. The van der Waals surface area contributed by atoms with Gasteiger partial charge in [0.05, 0.1) is 6.21 Å². The third-order valence-corrected chi connectivity index (χ3v) is 4.12. The predicted octanol–water partition coefficient (Wildman–Crippen LogP) is 4.25. The van der Waals surface area contributed by atoms with Crippen molar-refractivity contribution in [3.63, 3.8) is 0 Å². The van der Waals surface area contributed by atoms with Crippen LogP contribution >= 0.6 is 27.5 Å². The van der Waals surface area contributed by atoms with Gasteiger partial charge in [-0.2, -0.15) is 5.10 Å². The van der Waals surface area contributed by atoms with Crippen molar-refractivity contribution < 1.29 is 9.53 Å². The molecule has 2 aromatic rings. The predicted molar refractivity (Wildman–Crippen MR) is 96.3 cm³/mol. The van der Waals surface area contributed by atoms with Crippen molar-refractivity contribution >= 4 is 39.7 Å². The SMILES string of the molecule is Cc1cc(OCC(=O)N/N=C/c2cccc(Br)c2)cc(C)c1Cl. The fraction of sp³-hybridized carbons (Fsp3) is 0.176. The largest absolute Gasteiger partial charge is 0.484 e. The molecule has 6 heteroatoms. The highest BCUT2D eigenvalue weighted by Crippen LogP contribution is 2.25. The zero-order chi connectivity index (χ0) is 16.8. The van der Waals surface area contributed by atoms with Gasteiger partial charge >= 0.3 is 0 Å². The molecule has 0 spiro atoms. The summed E-state index contributed by atoms with van der Waals surface area (Å²) in [6.07, 6.45) is 1.57. The van der Waals surface area contributed by atoms with E-state index in [2.05, 4.69) is 26.5 Å². The quantitative estimate of drug-likeness (QED) is 0.608. The molecule has 2 aromatic carbocycles. The number of carbonyl (C=O) groups is 1. The van der Waals surface area contributed by atoms with Gasteiger partial charge in [0, 0.05) is 9.50 Å². The third-order valence-electron chi connectivity index (χ3n) is 3.03. The average molecular weight is 396 g/mol. The summed E-state index contributed by atoms with van der Waals surface area (Å²) in [7, 11) is 0. The van der Waals surface area contributed by atoms with Gasteiger partial charge in [-0.1, -0.05) is 39.7 Å². The van der Waals surface area contributed by atoms with Crippen LogP contribution in [0.15, 0.2) is 46.0 Å². The number of hydrogen-bond acceptors (Lipinski definition) is 3. The summed E-state index contributed by atoms with van der Waals surface area (Å²) in [5.41, 5.74) is 5.13. The maximum absolute atomic E-state index is 11.7. The van der Waals surface area contributed by atoms with Gasteiger partial charge in [-0.05, 0) is 54.8 Å². The van der Waals surface area contributed by atoms with E-state index in [1.54, 1.807) is 18.3 Å². The lowest BCUT2D eigenvalue weighted by atomic mass is 10.1. The molecule has 0 heterocycles. The van der Waals surface area contributed by atoms with Gasteiger partial charge in [-0.3, -0.25) is 4.79 Å². The summed E-state index contributed by atoms with van der Waals surface area (Å²) in [4.78, 5) is 11.7. The van der Waals surface area contributed by atoms with E-state index in [1.165, 1.54) is 0 Å². The number of benzene rings is 2. The van der Waals surface area contributed by atoms with E-state index >= 15 is 0 Å². The van der Waals surface area contributed by atoms with E-state index in [0.29, 0.717) is 10.8 Å². The molecular formula is C17H16BrClN2O2. The maximum atomic E-state index is 11.7. The van der Waals surface area contributed by atoms with Gasteiger partial charge in [0.1, 0.15) is 5.75 Å². The van der Waals surface area contributed by atoms with Crippen molar-refractivity contribution in [3.05, 3.63) is 62.6 Å². The molecule has 4 nitrogen and oxygen atoms in total. The van der Waals surface area contributed by atoms with Crippen molar-refractivity contribution in [1.29, 1.82) is 0 Å². The first-order chi connectivity index (χ1) is 11.0. The van der Waals surface area contributed by atoms with E-state index in [0.717, 1.165) is 21.2 Å². The van der Waals surface area contributed by atoms with E-state index in [-0.39, 0.29) is 12.5 Å². The molecule has 0 bridgehead atoms. The molecule has 0 radical (unpaired) electrons. The number of nitrogens with one attached hydrogen (secondary N) is 1. The second kappa shape index (κ2) is 8.13. The number of aryl methyl sites for hydroxylation is 2. The lowest BCUT2D eigenvalue weighted by Gasteiger charge is -2.09. The Hall–Kier alpha value is -1.85. The summed E-state index contributed by atoms with van der Waals surface area (Å²) < 4.78 is 6.40. The van der Waals surface area contributed by atoms with E-state index in [4.69, 9.17) is 16.3 Å². The smallest absolute Gasteiger partial charge is 0.277 e. The second-order valence-electron chi connectivity index (χ2n) is 5.01. The molecule has 23 heavy (non-hydrogen) atoms. The van der Waals surface area contributed by atoms with E-state index in [9.17, 15) is 4.79 Å². The average Bonchev–Trinajstić information content (AvgIpc) is 2.50. The van der Waals surface area contributed by atoms with E-state index in [1.807, 2.05) is 38.1 Å². The van der Waals surface area contributed by atoms with Crippen LogP contribution < -0.4 is 10.2 Å². The maximum Gasteiger partial charge on any atom is 0.277 e. The van der Waals surface area contributed by atoms with Gasteiger partial charge in [0.25, 0.3) is 5.91 Å². The Balaban J connectivity index is 1.86. The first-order valence-electron chi connectivity index (χ1n) is 6.92. The number of hydrazone groups is 1. The molecule has 0 unspecified atom stereocenters. The van der Waals surface area contributed by atoms with Gasteiger partial charge in [-0.25, -0.2) is 5.43 Å². The van der Waals surface area contributed by atoms with Crippen LogP contribution in [0.2, 0.25) is 5.02 Å². The topological polar surface area (TPSA) is 50.7 Å².